The normalized spacial score (nSPS) is 16.2. The summed E-state index contributed by atoms with van der Waals surface area (Å²) in [6, 6.07) is 5.43. The van der Waals surface area contributed by atoms with E-state index in [4.69, 9.17) is 4.74 Å². The van der Waals surface area contributed by atoms with Gasteiger partial charge in [-0.1, -0.05) is 12.1 Å². The van der Waals surface area contributed by atoms with E-state index < -0.39 is 21.7 Å². The number of allylic oxidation sites excluding steroid dienone is 2. The number of hydrogen-bond donors (Lipinski definition) is 1. The van der Waals surface area contributed by atoms with Gasteiger partial charge in [-0.05, 0) is 19.4 Å². The summed E-state index contributed by atoms with van der Waals surface area (Å²) in [4.78, 5) is 47.1. The molecular weight excluding hydrogens is 428 g/mol. The van der Waals surface area contributed by atoms with Crippen LogP contribution in [0.4, 0.5) is 5.69 Å². The Morgan fingerprint density at radius 2 is 2.03 bits per heavy atom. The van der Waals surface area contributed by atoms with Gasteiger partial charge in [0.1, 0.15) is 5.92 Å². The third-order valence-corrected chi connectivity index (χ3v) is 5.82. The van der Waals surface area contributed by atoms with E-state index in [1.54, 1.807) is 20.9 Å². The molecule has 0 aliphatic carbocycles. The largest absolute Gasteiger partial charge is 0.463 e. The third-order valence-electron chi connectivity index (χ3n) is 4.65. The zero-order chi connectivity index (χ0) is 23.1. The van der Waals surface area contributed by atoms with Gasteiger partial charge in [0, 0.05) is 31.5 Å². The molecule has 2 rings (SSSR count). The number of esters is 1. The molecule has 0 fully saturated rings. The first kappa shape index (κ1) is 23.9. The van der Waals surface area contributed by atoms with E-state index in [0.717, 1.165) is 0 Å². The summed E-state index contributed by atoms with van der Waals surface area (Å²) >= 11 is 1.23. The number of carbonyl (C=O) groups excluding carboxylic acids is 2. The average Bonchev–Trinajstić information content (AvgIpc) is 2.73. The van der Waals surface area contributed by atoms with Crippen molar-refractivity contribution >= 4 is 29.8 Å². The Hall–Kier alpha value is -3.41. The molecule has 12 heteroatoms. The summed E-state index contributed by atoms with van der Waals surface area (Å²) in [5.41, 5.74) is 0.0463. The number of nitro benzene ring substituents is 1. The van der Waals surface area contributed by atoms with E-state index in [0.29, 0.717) is 29.4 Å². The number of ether oxygens (including phenoxy) is 1. The summed E-state index contributed by atoms with van der Waals surface area (Å²) < 4.78 is 5.19. The molecule has 1 aromatic rings. The molecule has 1 unspecified atom stereocenters. The number of rotatable bonds is 10. The standard InChI is InChI=1S/C19H22N4O7S/c1-4-30-19(25)16-15(13-6-5-7-14(10-13)22(26)27)17(23(28)29)12(2)21(3)18(16)31-9-8-20-11-24/h5-7,10-11,15H,4,8-9H2,1-3H3,(H,20,24). The van der Waals surface area contributed by atoms with E-state index in [2.05, 4.69) is 5.32 Å². The van der Waals surface area contributed by atoms with Gasteiger partial charge in [0.25, 0.3) is 11.4 Å². The molecule has 0 saturated carbocycles. The first-order valence-corrected chi connectivity index (χ1v) is 10.3. The molecule has 166 valence electrons. The zero-order valence-electron chi connectivity index (χ0n) is 17.2. The molecule has 1 N–H and O–H groups in total. The number of hydrogen-bond acceptors (Lipinski definition) is 9. The van der Waals surface area contributed by atoms with Crippen LogP contribution in [0, 0.1) is 20.2 Å². The SMILES string of the molecule is CCOC(=O)C1=C(SCCNC=O)N(C)C(C)=C([N+](=O)[O-])C1c1cccc([N+](=O)[O-])c1. The Bertz CT molecular complexity index is 960. The lowest BCUT2D eigenvalue weighted by atomic mass is 9.85. The van der Waals surface area contributed by atoms with Gasteiger partial charge in [-0.3, -0.25) is 25.0 Å². The number of carbonyl (C=O) groups is 2. The summed E-state index contributed by atoms with van der Waals surface area (Å²) in [6.07, 6.45) is 0.549. The summed E-state index contributed by atoms with van der Waals surface area (Å²) in [6.45, 7) is 3.53. The van der Waals surface area contributed by atoms with Crippen LogP contribution in [0.2, 0.25) is 0 Å². The zero-order valence-corrected chi connectivity index (χ0v) is 18.0. The van der Waals surface area contributed by atoms with E-state index >= 15 is 0 Å². The lowest BCUT2D eigenvalue weighted by molar-refractivity contribution is -0.431. The lowest BCUT2D eigenvalue weighted by Crippen LogP contribution is -2.33. The van der Waals surface area contributed by atoms with Crippen molar-refractivity contribution in [1.82, 2.24) is 10.2 Å². The van der Waals surface area contributed by atoms with Gasteiger partial charge in [0.2, 0.25) is 6.41 Å². The molecule has 1 aliphatic heterocycles. The van der Waals surface area contributed by atoms with Gasteiger partial charge in [0.05, 0.1) is 32.8 Å². The fourth-order valence-electron chi connectivity index (χ4n) is 3.21. The highest BCUT2D eigenvalue weighted by molar-refractivity contribution is 8.03. The second-order valence-corrected chi connectivity index (χ2v) is 7.52. The quantitative estimate of drug-likeness (QED) is 0.187. The van der Waals surface area contributed by atoms with Crippen LogP contribution in [0.5, 0.6) is 0 Å². The van der Waals surface area contributed by atoms with Gasteiger partial charge in [-0.2, -0.15) is 0 Å². The van der Waals surface area contributed by atoms with Crippen LogP contribution in [0.3, 0.4) is 0 Å². The minimum Gasteiger partial charge on any atom is -0.463 e. The molecule has 0 bridgehead atoms. The highest BCUT2D eigenvalue weighted by Crippen LogP contribution is 2.45. The van der Waals surface area contributed by atoms with E-state index in [9.17, 15) is 29.8 Å². The Labute approximate surface area is 182 Å². The fourth-order valence-corrected chi connectivity index (χ4v) is 4.31. The topological polar surface area (TPSA) is 145 Å². The lowest BCUT2D eigenvalue weighted by Gasteiger charge is -2.33. The van der Waals surface area contributed by atoms with Gasteiger partial charge in [-0.25, -0.2) is 4.79 Å². The number of amides is 1. The second kappa shape index (κ2) is 10.6. The predicted molar refractivity (Wildman–Crippen MR) is 113 cm³/mol. The summed E-state index contributed by atoms with van der Waals surface area (Å²) in [5, 5.41) is 26.2. The maximum atomic E-state index is 12.9. The molecule has 11 nitrogen and oxygen atoms in total. The Balaban J connectivity index is 2.72. The predicted octanol–water partition coefficient (Wildman–Crippen LogP) is 2.39. The molecule has 0 radical (unpaired) electrons. The van der Waals surface area contributed by atoms with Crippen LogP contribution in [0.15, 0.2) is 46.3 Å². The monoisotopic (exact) mass is 450 g/mol. The van der Waals surface area contributed by atoms with Crippen molar-refractivity contribution < 1.29 is 24.2 Å². The van der Waals surface area contributed by atoms with E-state index in [1.165, 1.54) is 40.9 Å². The number of benzene rings is 1. The highest BCUT2D eigenvalue weighted by atomic mass is 32.2. The number of nitrogens with one attached hydrogen (secondary N) is 1. The van der Waals surface area contributed by atoms with E-state index in [-0.39, 0.29) is 29.1 Å². The van der Waals surface area contributed by atoms with Crippen molar-refractivity contribution in [2.75, 3.05) is 26.0 Å². The molecule has 1 amide bonds. The average molecular weight is 450 g/mol. The van der Waals surface area contributed by atoms with Crippen molar-refractivity contribution in [2.24, 2.45) is 0 Å². The smallest absolute Gasteiger partial charge is 0.337 e. The Morgan fingerprint density at radius 1 is 1.32 bits per heavy atom. The van der Waals surface area contributed by atoms with Crippen molar-refractivity contribution in [3.05, 3.63) is 72.1 Å². The van der Waals surface area contributed by atoms with Gasteiger partial charge in [0.15, 0.2) is 0 Å². The molecule has 0 saturated heterocycles. The first-order chi connectivity index (χ1) is 14.7. The van der Waals surface area contributed by atoms with Crippen LogP contribution in [-0.2, 0) is 14.3 Å². The van der Waals surface area contributed by atoms with Crippen LogP contribution < -0.4 is 5.32 Å². The fraction of sp³-hybridized carbons (Fsp3) is 0.368. The molecule has 1 aromatic carbocycles. The molecule has 1 atom stereocenters. The first-order valence-electron chi connectivity index (χ1n) is 9.28. The molecule has 1 heterocycles. The molecule has 0 spiro atoms. The highest BCUT2D eigenvalue weighted by Gasteiger charge is 2.44. The number of non-ortho nitro benzene ring substituents is 1. The Kier molecular flexibility index (Phi) is 8.14. The Morgan fingerprint density at radius 3 is 2.61 bits per heavy atom. The van der Waals surface area contributed by atoms with Crippen LogP contribution in [0.25, 0.3) is 0 Å². The number of nitrogens with zero attached hydrogens (tertiary/aromatic N) is 3. The van der Waals surface area contributed by atoms with Gasteiger partial charge in [-0.15, -0.1) is 11.8 Å². The van der Waals surface area contributed by atoms with Crippen LogP contribution in [-0.4, -0.2) is 53.1 Å². The number of nitro groups is 2. The molecular formula is C19H22N4O7S. The van der Waals surface area contributed by atoms with Crippen molar-refractivity contribution in [3.8, 4) is 0 Å². The maximum Gasteiger partial charge on any atom is 0.337 e. The van der Waals surface area contributed by atoms with Crippen molar-refractivity contribution in [3.63, 3.8) is 0 Å². The van der Waals surface area contributed by atoms with Crippen molar-refractivity contribution in [2.45, 2.75) is 19.8 Å². The maximum absolute atomic E-state index is 12.9. The third kappa shape index (κ3) is 5.20. The van der Waals surface area contributed by atoms with Crippen molar-refractivity contribution in [1.29, 1.82) is 0 Å². The molecule has 1 aliphatic rings. The molecule has 0 aromatic heterocycles. The number of thioether (sulfide) groups is 1. The van der Waals surface area contributed by atoms with Crippen LogP contribution in [0.1, 0.15) is 25.3 Å². The molecule has 31 heavy (non-hydrogen) atoms. The minimum atomic E-state index is -1.16. The van der Waals surface area contributed by atoms with Crippen LogP contribution >= 0.6 is 11.8 Å². The van der Waals surface area contributed by atoms with E-state index in [1.807, 2.05) is 0 Å². The summed E-state index contributed by atoms with van der Waals surface area (Å²) in [7, 11) is 1.59. The summed E-state index contributed by atoms with van der Waals surface area (Å²) in [5.74, 6) is -1.51. The van der Waals surface area contributed by atoms with Gasteiger partial charge < -0.3 is 15.0 Å². The van der Waals surface area contributed by atoms with Gasteiger partial charge >= 0.3 is 5.97 Å². The minimum absolute atomic E-state index is 0.0262. The second-order valence-electron chi connectivity index (χ2n) is 6.43.